The Hall–Kier alpha value is -1.46. The molecule has 2 rings (SSSR count). The summed E-state index contributed by atoms with van der Waals surface area (Å²) in [5.41, 5.74) is 3.13. The van der Waals surface area contributed by atoms with Crippen LogP contribution in [0.25, 0.3) is 0 Å². The number of hydrogen-bond acceptors (Lipinski definition) is 3. The van der Waals surface area contributed by atoms with Gasteiger partial charge in [0.1, 0.15) is 11.6 Å². The molecule has 0 aromatic heterocycles. The number of nitrogens with one attached hydrogen (secondary N) is 1. The lowest BCUT2D eigenvalue weighted by atomic mass is 9.95. The summed E-state index contributed by atoms with van der Waals surface area (Å²) in [4.78, 5) is 0. The Bertz CT molecular complexity index is 414. The molecule has 92 valence electrons. The maximum Gasteiger partial charge on any atom is 0.131 e. The standard InChI is InChI=1S/C12H14F2N2O/c13-9-4-1-5-10(14)11(9)12(16-15)8-3-2-6-17-7-8/h1,4-5,7,12,16H,2-3,6,15H2. The average molecular weight is 240 g/mol. The van der Waals surface area contributed by atoms with E-state index in [1.165, 1.54) is 24.5 Å². The maximum atomic E-state index is 13.6. The van der Waals surface area contributed by atoms with Crippen molar-refractivity contribution in [1.29, 1.82) is 0 Å². The lowest BCUT2D eigenvalue weighted by molar-refractivity contribution is 0.219. The third-order valence-electron chi connectivity index (χ3n) is 2.79. The molecule has 3 N–H and O–H groups in total. The van der Waals surface area contributed by atoms with Gasteiger partial charge < -0.3 is 4.74 Å². The van der Waals surface area contributed by atoms with Gasteiger partial charge in [0.15, 0.2) is 0 Å². The van der Waals surface area contributed by atoms with Gasteiger partial charge in [-0.2, -0.15) is 0 Å². The van der Waals surface area contributed by atoms with E-state index in [2.05, 4.69) is 5.43 Å². The van der Waals surface area contributed by atoms with Gasteiger partial charge in [-0.15, -0.1) is 0 Å². The molecule has 1 aromatic carbocycles. The van der Waals surface area contributed by atoms with Crippen molar-refractivity contribution in [2.45, 2.75) is 18.9 Å². The molecule has 1 aliphatic rings. The van der Waals surface area contributed by atoms with E-state index in [-0.39, 0.29) is 5.56 Å². The molecule has 0 aliphatic carbocycles. The normalized spacial score (nSPS) is 17.2. The smallest absolute Gasteiger partial charge is 0.131 e. The van der Waals surface area contributed by atoms with Crippen molar-refractivity contribution in [1.82, 2.24) is 5.43 Å². The van der Waals surface area contributed by atoms with E-state index >= 15 is 0 Å². The fourth-order valence-electron chi connectivity index (χ4n) is 1.96. The van der Waals surface area contributed by atoms with Gasteiger partial charge in [-0.25, -0.2) is 14.2 Å². The van der Waals surface area contributed by atoms with Crippen LogP contribution in [0.2, 0.25) is 0 Å². The van der Waals surface area contributed by atoms with Gasteiger partial charge in [0.2, 0.25) is 0 Å². The Morgan fingerprint density at radius 3 is 2.53 bits per heavy atom. The second kappa shape index (κ2) is 5.25. The number of halogens is 2. The highest BCUT2D eigenvalue weighted by atomic mass is 19.1. The monoisotopic (exact) mass is 240 g/mol. The Morgan fingerprint density at radius 1 is 1.29 bits per heavy atom. The van der Waals surface area contributed by atoms with Crippen LogP contribution >= 0.6 is 0 Å². The van der Waals surface area contributed by atoms with Gasteiger partial charge >= 0.3 is 0 Å². The largest absolute Gasteiger partial charge is 0.501 e. The second-order valence-corrected chi connectivity index (χ2v) is 3.90. The van der Waals surface area contributed by atoms with Crippen molar-refractivity contribution >= 4 is 0 Å². The Balaban J connectivity index is 2.38. The fourth-order valence-corrected chi connectivity index (χ4v) is 1.96. The Kier molecular flexibility index (Phi) is 3.71. The van der Waals surface area contributed by atoms with Crippen LogP contribution < -0.4 is 11.3 Å². The molecule has 3 nitrogen and oxygen atoms in total. The predicted molar refractivity (Wildman–Crippen MR) is 59.7 cm³/mol. The van der Waals surface area contributed by atoms with E-state index in [4.69, 9.17) is 10.6 Å². The van der Waals surface area contributed by atoms with Gasteiger partial charge in [0, 0.05) is 5.56 Å². The van der Waals surface area contributed by atoms with Crippen molar-refractivity contribution in [2.24, 2.45) is 5.84 Å². The summed E-state index contributed by atoms with van der Waals surface area (Å²) in [7, 11) is 0. The first kappa shape index (κ1) is 12.0. The lowest BCUT2D eigenvalue weighted by Gasteiger charge is -2.23. The van der Waals surface area contributed by atoms with Crippen LogP contribution in [0.3, 0.4) is 0 Å². The molecule has 1 atom stereocenters. The minimum Gasteiger partial charge on any atom is -0.501 e. The van der Waals surface area contributed by atoms with Crippen molar-refractivity contribution in [3.63, 3.8) is 0 Å². The zero-order chi connectivity index (χ0) is 12.3. The van der Waals surface area contributed by atoms with Gasteiger partial charge in [-0.05, 0) is 30.5 Å². The zero-order valence-corrected chi connectivity index (χ0v) is 9.25. The van der Waals surface area contributed by atoms with E-state index in [0.717, 1.165) is 12.0 Å². The highest BCUT2D eigenvalue weighted by Gasteiger charge is 2.24. The third-order valence-corrected chi connectivity index (χ3v) is 2.79. The lowest BCUT2D eigenvalue weighted by Crippen LogP contribution is -2.31. The van der Waals surface area contributed by atoms with Crippen LogP contribution in [-0.4, -0.2) is 6.61 Å². The van der Waals surface area contributed by atoms with E-state index in [1.54, 1.807) is 0 Å². The summed E-state index contributed by atoms with van der Waals surface area (Å²) in [5.74, 6) is 4.17. The molecule has 1 aromatic rings. The van der Waals surface area contributed by atoms with Crippen LogP contribution in [0.15, 0.2) is 30.0 Å². The summed E-state index contributed by atoms with van der Waals surface area (Å²) in [6.07, 6.45) is 3.06. The molecule has 0 saturated heterocycles. The van der Waals surface area contributed by atoms with E-state index in [9.17, 15) is 8.78 Å². The predicted octanol–water partition coefficient (Wildman–Crippen LogP) is 2.16. The number of hydrazine groups is 1. The number of ether oxygens (including phenoxy) is 1. The van der Waals surface area contributed by atoms with Crippen molar-refractivity contribution in [2.75, 3.05) is 6.61 Å². The van der Waals surface area contributed by atoms with Crippen molar-refractivity contribution in [3.05, 3.63) is 47.2 Å². The molecule has 17 heavy (non-hydrogen) atoms. The zero-order valence-electron chi connectivity index (χ0n) is 9.25. The average Bonchev–Trinajstić information content (AvgIpc) is 2.35. The highest BCUT2D eigenvalue weighted by molar-refractivity contribution is 5.30. The third kappa shape index (κ3) is 2.45. The minimum absolute atomic E-state index is 0.0632. The number of hydrogen-bond donors (Lipinski definition) is 2. The van der Waals surface area contributed by atoms with Crippen molar-refractivity contribution in [3.8, 4) is 0 Å². The van der Waals surface area contributed by atoms with E-state index in [0.29, 0.717) is 13.0 Å². The Labute approximate surface area is 98.2 Å². The number of rotatable bonds is 3. The van der Waals surface area contributed by atoms with Crippen LogP contribution in [0.1, 0.15) is 24.4 Å². The van der Waals surface area contributed by atoms with E-state index < -0.39 is 17.7 Å². The Morgan fingerprint density at radius 2 is 2.00 bits per heavy atom. The van der Waals surface area contributed by atoms with Crippen LogP contribution in [0.4, 0.5) is 8.78 Å². The fraction of sp³-hybridized carbons (Fsp3) is 0.333. The molecule has 0 bridgehead atoms. The molecule has 0 radical (unpaired) electrons. The molecular formula is C12H14F2N2O. The molecule has 1 aliphatic heterocycles. The minimum atomic E-state index is -0.684. The van der Waals surface area contributed by atoms with Gasteiger partial charge in [0.25, 0.3) is 0 Å². The summed E-state index contributed by atoms with van der Waals surface area (Å²) < 4.78 is 32.4. The van der Waals surface area contributed by atoms with Crippen molar-refractivity contribution < 1.29 is 13.5 Å². The molecular weight excluding hydrogens is 226 g/mol. The molecule has 0 amide bonds. The topological polar surface area (TPSA) is 47.3 Å². The molecule has 0 fully saturated rings. The first-order chi connectivity index (χ1) is 8.24. The van der Waals surface area contributed by atoms with Gasteiger partial charge in [-0.3, -0.25) is 5.84 Å². The van der Waals surface area contributed by atoms with Gasteiger partial charge in [0.05, 0.1) is 18.9 Å². The molecule has 0 saturated carbocycles. The summed E-state index contributed by atoms with van der Waals surface area (Å²) >= 11 is 0. The number of benzene rings is 1. The molecule has 1 heterocycles. The second-order valence-electron chi connectivity index (χ2n) is 3.90. The summed E-state index contributed by atoms with van der Waals surface area (Å²) in [6.45, 7) is 0.626. The first-order valence-corrected chi connectivity index (χ1v) is 5.44. The summed E-state index contributed by atoms with van der Waals surface area (Å²) in [6, 6.07) is 3.07. The molecule has 1 unspecified atom stereocenters. The van der Waals surface area contributed by atoms with E-state index in [1.807, 2.05) is 0 Å². The van der Waals surface area contributed by atoms with Gasteiger partial charge in [-0.1, -0.05) is 6.07 Å². The SMILES string of the molecule is NNC(C1=COCCC1)c1c(F)cccc1F. The molecule has 0 spiro atoms. The highest BCUT2D eigenvalue weighted by Crippen LogP contribution is 2.30. The van der Waals surface area contributed by atoms with Crippen LogP contribution in [0, 0.1) is 11.6 Å². The first-order valence-electron chi connectivity index (χ1n) is 5.44. The van der Waals surface area contributed by atoms with Crippen LogP contribution in [0.5, 0.6) is 0 Å². The number of nitrogens with two attached hydrogens (primary N) is 1. The summed E-state index contributed by atoms with van der Waals surface area (Å²) in [5, 5.41) is 0. The maximum absolute atomic E-state index is 13.6. The quantitative estimate of drug-likeness (QED) is 0.628. The molecule has 5 heteroatoms. The van der Waals surface area contributed by atoms with Crippen LogP contribution in [-0.2, 0) is 4.74 Å².